The van der Waals surface area contributed by atoms with E-state index in [1.807, 2.05) is 11.0 Å². The van der Waals surface area contributed by atoms with E-state index in [-0.39, 0.29) is 4.92 Å². The van der Waals surface area contributed by atoms with Crippen molar-refractivity contribution in [2.45, 2.75) is 25.8 Å². The highest BCUT2D eigenvalue weighted by Gasteiger charge is 2.18. The summed E-state index contributed by atoms with van der Waals surface area (Å²) in [7, 11) is 0. The van der Waals surface area contributed by atoms with Gasteiger partial charge < -0.3 is 4.90 Å². The number of hydrogen-bond acceptors (Lipinski definition) is 4. The monoisotopic (exact) mass is 267 g/mol. The zero-order valence-corrected chi connectivity index (χ0v) is 10.6. The van der Waals surface area contributed by atoms with E-state index in [9.17, 15) is 10.1 Å². The quantitative estimate of drug-likeness (QED) is 0.480. The topological polar surface area (TPSA) is 59.3 Å². The average Bonchev–Trinajstić information content (AvgIpc) is 2.34. The van der Waals surface area contributed by atoms with Gasteiger partial charge in [-0.3, -0.25) is 10.1 Å². The van der Waals surface area contributed by atoms with Crippen LogP contribution in [-0.4, -0.2) is 21.4 Å². The van der Waals surface area contributed by atoms with Crippen LogP contribution in [0.15, 0.2) is 30.2 Å². The van der Waals surface area contributed by atoms with Gasteiger partial charge in [-0.2, -0.15) is 0 Å². The van der Waals surface area contributed by atoms with Gasteiger partial charge in [0, 0.05) is 19.3 Å². The molecule has 6 heteroatoms. The van der Waals surface area contributed by atoms with Gasteiger partial charge >= 0.3 is 0 Å². The summed E-state index contributed by atoms with van der Waals surface area (Å²) in [4.78, 5) is 16.3. The number of allylic oxidation sites excluding steroid dienone is 1. The Balaban J connectivity index is 2.10. The Morgan fingerprint density at radius 2 is 2.33 bits per heavy atom. The molecule has 5 nitrogen and oxygen atoms in total. The van der Waals surface area contributed by atoms with E-state index < -0.39 is 0 Å². The maximum absolute atomic E-state index is 10.6. The van der Waals surface area contributed by atoms with Crippen LogP contribution in [0.5, 0.6) is 0 Å². The standard InChI is InChI=1S/C12H14ClN3O2/c13-12-5-4-10(7-14-12)8-15-6-2-1-3-11(15)9-16(17)18/h4-5,7,9H,1-3,6,8H2. The van der Waals surface area contributed by atoms with Crippen molar-refractivity contribution in [1.82, 2.24) is 9.88 Å². The summed E-state index contributed by atoms with van der Waals surface area (Å²) in [6.45, 7) is 1.49. The normalized spacial score (nSPS) is 18.1. The summed E-state index contributed by atoms with van der Waals surface area (Å²) in [6.07, 6.45) is 5.66. The summed E-state index contributed by atoms with van der Waals surface area (Å²) in [5.74, 6) is 0. The van der Waals surface area contributed by atoms with Gasteiger partial charge in [-0.05, 0) is 30.9 Å². The molecule has 1 saturated heterocycles. The molecule has 1 aliphatic rings. The molecule has 0 N–H and O–H groups in total. The van der Waals surface area contributed by atoms with Crippen LogP contribution >= 0.6 is 11.6 Å². The van der Waals surface area contributed by atoms with Gasteiger partial charge in [0.25, 0.3) is 6.20 Å². The van der Waals surface area contributed by atoms with Crippen LogP contribution < -0.4 is 0 Å². The van der Waals surface area contributed by atoms with E-state index in [0.717, 1.165) is 43.3 Å². The SMILES string of the molecule is O=[N+]([O-])C=C1CCCCN1Cc1ccc(Cl)nc1. The number of hydrogen-bond donors (Lipinski definition) is 0. The van der Waals surface area contributed by atoms with Crippen molar-refractivity contribution in [2.75, 3.05) is 6.54 Å². The molecule has 0 saturated carbocycles. The van der Waals surface area contributed by atoms with Crippen molar-refractivity contribution in [3.05, 3.63) is 51.1 Å². The van der Waals surface area contributed by atoms with E-state index in [1.54, 1.807) is 12.3 Å². The fourth-order valence-electron chi connectivity index (χ4n) is 2.08. The Kier molecular flexibility index (Phi) is 4.15. The van der Waals surface area contributed by atoms with E-state index in [1.165, 1.54) is 0 Å². The van der Waals surface area contributed by atoms with Gasteiger partial charge in [-0.25, -0.2) is 4.98 Å². The van der Waals surface area contributed by atoms with Crippen LogP contribution in [0.3, 0.4) is 0 Å². The van der Waals surface area contributed by atoms with Crippen LogP contribution in [0, 0.1) is 10.1 Å². The van der Waals surface area contributed by atoms with Crippen molar-refractivity contribution in [3.8, 4) is 0 Å². The van der Waals surface area contributed by atoms with E-state index in [0.29, 0.717) is 11.7 Å². The van der Waals surface area contributed by atoms with Gasteiger partial charge in [0.15, 0.2) is 0 Å². The molecule has 2 rings (SSSR count). The molecule has 1 aliphatic heterocycles. The lowest BCUT2D eigenvalue weighted by Gasteiger charge is -2.29. The Labute approximate surface area is 110 Å². The largest absolute Gasteiger partial charge is 0.365 e. The van der Waals surface area contributed by atoms with E-state index in [4.69, 9.17) is 11.6 Å². The third kappa shape index (κ3) is 3.43. The molecule has 18 heavy (non-hydrogen) atoms. The molecule has 0 spiro atoms. The predicted octanol–water partition coefficient (Wildman–Crippen LogP) is 2.84. The fourth-order valence-corrected chi connectivity index (χ4v) is 2.19. The minimum absolute atomic E-state index is 0.381. The highest BCUT2D eigenvalue weighted by Crippen LogP contribution is 2.22. The van der Waals surface area contributed by atoms with Crippen molar-refractivity contribution in [3.63, 3.8) is 0 Å². The molecule has 1 fully saturated rings. The summed E-state index contributed by atoms with van der Waals surface area (Å²) in [5, 5.41) is 11.0. The number of likely N-dealkylation sites (tertiary alicyclic amines) is 1. The Morgan fingerprint density at radius 1 is 1.50 bits per heavy atom. The first-order valence-electron chi connectivity index (χ1n) is 5.85. The minimum Gasteiger partial charge on any atom is -0.365 e. The van der Waals surface area contributed by atoms with Gasteiger partial charge in [-0.1, -0.05) is 17.7 Å². The lowest BCUT2D eigenvalue weighted by atomic mass is 10.1. The van der Waals surface area contributed by atoms with Crippen LogP contribution in [0.25, 0.3) is 0 Å². The molecular weight excluding hydrogens is 254 g/mol. The molecule has 1 aromatic rings. The van der Waals surface area contributed by atoms with Gasteiger partial charge in [0.2, 0.25) is 0 Å². The lowest BCUT2D eigenvalue weighted by Crippen LogP contribution is -2.28. The number of pyridine rings is 1. The van der Waals surface area contributed by atoms with Crippen molar-refractivity contribution >= 4 is 11.6 Å². The smallest absolute Gasteiger partial charge is 0.253 e. The molecule has 0 amide bonds. The van der Waals surface area contributed by atoms with Crippen LogP contribution in [-0.2, 0) is 6.54 Å². The summed E-state index contributed by atoms with van der Waals surface area (Å²) < 4.78 is 0. The Morgan fingerprint density at radius 3 is 3.00 bits per heavy atom. The van der Waals surface area contributed by atoms with Crippen LogP contribution in [0.2, 0.25) is 5.15 Å². The van der Waals surface area contributed by atoms with Crippen LogP contribution in [0.4, 0.5) is 0 Å². The molecule has 96 valence electrons. The lowest BCUT2D eigenvalue weighted by molar-refractivity contribution is -0.404. The Hall–Kier alpha value is -1.62. The zero-order chi connectivity index (χ0) is 13.0. The van der Waals surface area contributed by atoms with E-state index in [2.05, 4.69) is 4.98 Å². The van der Waals surface area contributed by atoms with E-state index >= 15 is 0 Å². The molecule has 0 aliphatic carbocycles. The number of piperidine rings is 1. The molecule has 0 radical (unpaired) electrons. The first-order chi connectivity index (χ1) is 8.65. The zero-order valence-electron chi connectivity index (χ0n) is 9.88. The third-order valence-corrected chi connectivity index (χ3v) is 3.16. The molecular formula is C12H14ClN3O2. The first-order valence-corrected chi connectivity index (χ1v) is 6.22. The molecule has 0 atom stereocenters. The second kappa shape index (κ2) is 5.82. The summed E-state index contributed by atoms with van der Waals surface area (Å²) >= 11 is 5.73. The first kappa shape index (κ1) is 12.8. The van der Waals surface area contributed by atoms with Gasteiger partial charge in [0.1, 0.15) is 5.15 Å². The minimum atomic E-state index is -0.381. The van der Waals surface area contributed by atoms with Gasteiger partial charge in [-0.15, -0.1) is 0 Å². The van der Waals surface area contributed by atoms with Crippen LogP contribution in [0.1, 0.15) is 24.8 Å². The number of halogens is 1. The molecule has 1 aromatic heterocycles. The number of nitro groups is 1. The molecule has 2 heterocycles. The van der Waals surface area contributed by atoms with Crippen molar-refractivity contribution in [2.24, 2.45) is 0 Å². The Bertz CT molecular complexity index is 459. The second-order valence-electron chi connectivity index (χ2n) is 4.27. The van der Waals surface area contributed by atoms with Crippen molar-refractivity contribution in [1.29, 1.82) is 0 Å². The number of nitrogens with zero attached hydrogens (tertiary/aromatic N) is 3. The predicted molar refractivity (Wildman–Crippen MR) is 68.6 cm³/mol. The van der Waals surface area contributed by atoms with Crippen molar-refractivity contribution < 1.29 is 4.92 Å². The summed E-state index contributed by atoms with van der Waals surface area (Å²) in [5.41, 5.74) is 1.80. The third-order valence-electron chi connectivity index (χ3n) is 2.93. The molecule has 0 unspecified atom stereocenters. The molecule has 0 bridgehead atoms. The highest BCUT2D eigenvalue weighted by molar-refractivity contribution is 6.29. The number of aromatic nitrogens is 1. The fraction of sp³-hybridized carbons (Fsp3) is 0.417. The highest BCUT2D eigenvalue weighted by atomic mass is 35.5. The van der Waals surface area contributed by atoms with Gasteiger partial charge in [0.05, 0.1) is 10.6 Å². The average molecular weight is 268 g/mol. The molecule has 0 aromatic carbocycles. The summed E-state index contributed by atoms with van der Waals surface area (Å²) in [6, 6.07) is 3.63. The number of rotatable bonds is 3. The maximum atomic E-state index is 10.6. The second-order valence-corrected chi connectivity index (χ2v) is 4.66. The maximum Gasteiger partial charge on any atom is 0.253 e.